The van der Waals surface area contributed by atoms with Gasteiger partial charge in [0.25, 0.3) is 0 Å². The van der Waals surface area contributed by atoms with Crippen molar-refractivity contribution >= 4 is 0 Å². The van der Waals surface area contributed by atoms with E-state index in [0.717, 1.165) is 18.7 Å². The minimum absolute atomic E-state index is 0.267. The van der Waals surface area contributed by atoms with E-state index in [-0.39, 0.29) is 5.54 Å². The predicted molar refractivity (Wildman–Crippen MR) is 84.4 cm³/mol. The molecule has 1 heterocycles. The van der Waals surface area contributed by atoms with Crippen molar-refractivity contribution in [3.63, 3.8) is 0 Å². The number of nitrogens with zero attached hydrogens (tertiary/aromatic N) is 1. The van der Waals surface area contributed by atoms with Gasteiger partial charge in [-0.3, -0.25) is 4.90 Å². The van der Waals surface area contributed by atoms with Gasteiger partial charge in [-0.05, 0) is 52.3 Å². The van der Waals surface area contributed by atoms with E-state index in [9.17, 15) is 0 Å². The largest absolute Gasteiger partial charge is 0.496 e. The SMILES string of the molecule is COc1ccccc1CC(C)N(C)C1CNC(C)(C)C1. The number of methoxy groups -OCH3 is 1. The molecule has 1 fully saturated rings. The smallest absolute Gasteiger partial charge is 0.122 e. The van der Waals surface area contributed by atoms with Crippen LogP contribution in [-0.2, 0) is 6.42 Å². The van der Waals surface area contributed by atoms with Crippen molar-refractivity contribution in [1.82, 2.24) is 10.2 Å². The molecule has 0 aromatic heterocycles. The van der Waals surface area contributed by atoms with Gasteiger partial charge in [0.05, 0.1) is 7.11 Å². The Morgan fingerprint density at radius 3 is 2.70 bits per heavy atom. The Balaban J connectivity index is 1.99. The number of nitrogens with one attached hydrogen (secondary N) is 1. The molecule has 1 aromatic carbocycles. The van der Waals surface area contributed by atoms with Crippen LogP contribution in [0.2, 0.25) is 0 Å². The van der Waals surface area contributed by atoms with Crippen LogP contribution in [0, 0.1) is 0 Å². The lowest BCUT2D eigenvalue weighted by Crippen LogP contribution is -2.41. The molecule has 0 spiro atoms. The Kier molecular flexibility index (Phi) is 4.71. The summed E-state index contributed by atoms with van der Waals surface area (Å²) in [5.74, 6) is 0.998. The van der Waals surface area contributed by atoms with Gasteiger partial charge in [0.2, 0.25) is 0 Å². The van der Waals surface area contributed by atoms with Crippen LogP contribution < -0.4 is 10.1 Å². The summed E-state index contributed by atoms with van der Waals surface area (Å²) in [6, 6.07) is 9.45. The van der Waals surface area contributed by atoms with Crippen LogP contribution in [-0.4, -0.2) is 43.2 Å². The van der Waals surface area contributed by atoms with Crippen LogP contribution in [0.4, 0.5) is 0 Å². The molecule has 2 rings (SSSR count). The number of likely N-dealkylation sites (N-methyl/N-ethyl adjacent to an activating group) is 1. The maximum Gasteiger partial charge on any atom is 0.122 e. The van der Waals surface area contributed by atoms with E-state index in [1.54, 1.807) is 7.11 Å². The summed E-state index contributed by atoms with van der Waals surface area (Å²) in [6.07, 6.45) is 2.23. The zero-order chi connectivity index (χ0) is 14.8. The van der Waals surface area contributed by atoms with Crippen LogP contribution in [0.15, 0.2) is 24.3 Å². The Morgan fingerprint density at radius 1 is 1.40 bits per heavy atom. The van der Waals surface area contributed by atoms with Gasteiger partial charge in [-0.25, -0.2) is 0 Å². The summed E-state index contributed by atoms with van der Waals surface area (Å²) in [4.78, 5) is 2.51. The summed E-state index contributed by atoms with van der Waals surface area (Å²) < 4.78 is 5.45. The van der Waals surface area contributed by atoms with E-state index < -0.39 is 0 Å². The fourth-order valence-electron chi connectivity index (χ4n) is 3.11. The van der Waals surface area contributed by atoms with Crippen molar-refractivity contribution in [2.24, 2.45) is 0 Å². The number of benzene rings is 1. The molecule has 1 aliphatic rings. The topological polar surface area (TPSA) is 24.5 Å². The lowest BCUT2D eigenvalue weighted by molar-refractivity contribution is 0.188. The van der Waals surface area contributed by atoms with E-state index in [4.69, 9.17) is 4.74 Å². The molecule has 1 aromatic rings. The van der Waals surface area contributed by atoms with Crippen LogP contribution in [0.3, 0.4) is 0 Å². The van der Waals surface area contributed by atoms with E-state index in [1.165, 1.54) is 12.0 Å². The molecule has 0 amide bonds. The molecule has 1 saturated heterocycles. The van der Waals surface area contributed by atoms with E-state index in [0.29, 0.717) is 12.1 Å². The lowest BCUT2D eigenvalue weighted by Gasteiger charge is -2.31. The second-order valence-corrected chi connectivity index (χ2v) is 6.65. The second kappa shape index (κ2) is 6.15. The Morgan fingerprint density at radius 2 is 2.10 bits per heavy atom. The maximum absolute atomic E-state index is 5.45. The number of hydrogen-bond acceptors (Lipinski definition) is 3. The third-order valence-electron chi connectivity index (χ3n) is 4.54. The zero-order valence-electron chi connectivity index (χ0n) is 13.4. The molecule has 2 atom stereocenters. The molecule has 1 aliphatic heterocycles. The number of hydrogen-bond donors (Lipinski definition) is 1. The molecule has 20 heavy (non-hydrogen) atoms. The molecule has 3 nitrogen and oxygen atoms in total. The molecule has 0 radical (unpaired) electrons. The molecular weight excluding hydrogens is 248 g/mol. The Hall–Kier alpha value is -1.06. The summed E-state index contributed by atoms with van der Waals surface area (Å²) in [6.45, 7) is 7.95. The summed E-state index contributed by atoms with van der Waals surface area (Å²) in [5, 5.41) is 3.60. The minimum Gasteiger partial charge on any atom is -0.496 e. The standard InChI is InChI=1S/C17H28N2O/c1-13(10-14-8-6-7-9-16(14)20-5)19(4)15-11-17(2,3)18-12-15/h6-9,13,15,18H,10-12H2,1-5H3. The first-order chi connectivity index (χ1) is 9.43. The third-order valence-corrected chi connectivity index (χ3v) is 4.54. The van der Waals surface area contributed by atoms with Crippen molar-refractivity contribution in [2.45, 2.75) is 51.2 Å². The maximum atomic E-state index is 5.45. The highest BCUT2D eigenvalue weighted by Gasteiger charge is 2.33. The number of para-hydroxylation sites is 1. The van der Waals surface area contributed by atoms with Crippen LogP contribution in [0.1, 0.15) is 32.8 Å². The fraction of sp³-hybridized carbons (Fsp3) is 0.647. The highest BCUT2D eigenvalue weighted by atomic mass is 16.5. The van der Waals surface area contributed by atoms with Gasteiger partial charge in [-0.1, -0.05) is 18.2 Å². The first-order valence-corrected chi connectivity index (χ1v) is 7.52. The normalized spacial score (nSPS) is 23.0. The Bertz CT molecular complexity index is 444. The third kappa shape index (κ3) is 3.53. The van der Waals surface area contributed by atoms with Gasteiger partial charge in [-0.15, -0.1) is 0 Å². The van der Waals surface area contributed by atoms with Crippen LogP contribution >= 0.6 is 0 Å². The molecule has 1 N–H and O–H groups in total. The summed E-state index contributed by atoms with van der Waals surface area (Å²) in [5.41, 5.74) is 1.56. The van der Waals surface area contributed by atoms with Crippen molar-refractivity contribution in [3.05, 3.63) is 29.8 Å². The van der Waals surface area contributed by atoms with Gasteiger partial charge >= 0.3 is 0 Å². The lowest BCUT2D eigenvalue weighted by atomic mass is 9.98. The quantitative estimate of drug-likeness (QED) is 0.895. The first-order valence-electron chi connectivity index (χ1n) is 7.52. The minimum atomic E-state index is 0.267. The van der Waals surface area contributed by atoms with Crippen molar-refractivity contribution in [3.8, 4) is 5.75 Å². The van der Waals surface area contributed by atoms with E-state index in [2.05, 4.69) is 50.2 Å². The van der Waals surface area contributed by atoms with Gasteiger partial charge in [0, 0.05) is 24.2 Å². The summed E-state index contributed by atoms with van der Waals surface area (Å²) in [7, 11) is 3.99. The average molecular weight is 276 g/mol. The molecule has 112 valence electrons. The first kappa shape index (κ1) is 15.3. The highest BCUT2D eigenvalue weighted by molar-refractivity contribution is 5.33. The van der Waals surface area contributed by atoms with Crippen molar-refractivity contribution in [1.29, 1.82) is 0 Å². The van der Waals surface area contributed by atoms with E-state index in [1.807, 2.05) is 12.1 Å². The monoisotopic (exact) mass is 276 g/mol. The van der Waals surface area contributed by atoms with E-state index >= 15 is 0 Å². The second-order valence-electron chi connectivity index (χ2n) is 6.65. The van der Waals surface area contributed by atoms with Gasteiger partial charge < -0.3 is 10.1 Å². The molecule has 2 unspecified atom stereocenters. The molecule has 0 aliphatic carbocycles. The molecule has 0 bridgehead atoms. The van der Waals surface area contributed by atoms with Gasteiger partial charge in [-0.2, -0.15) is 0 Å². The van der Waals surface area contributed by atoms with Crippen LogP contribution in [0.25, 0.3) is 0 Å². The predicted octanol–water partition coefficient (Wildman–Crippen LogP) is 2.70. The molecular formula is C17H28N2O. The Labute approximate surface area is 123 Å². The number of ether oxygens (including phenoxy) is 1. The summed E-state index contributed by atoms with van der Waals surface area (Å²) >= 11 is 0. The van der Waals surface area contributed by atoms with Crippen LogP contribution in [0.5, 0.6) is 5.75 Å². The van der Waals surface area contributed by atoms with Gasteiger partial charge in [0.1, 0.15) is 5.75 Å². The fourth-order valence-corrected chi connectivity index (χ4v) is 3.11. The van der Waals surface area contributed by atoms with Gasteiger partial charge in [0.15, 0.2) is 0 Å². The average Bonchev–Trinajstić information content (AvgIpc) is 2.78. The number of rotatable bonds is 5. The van der Waals surface area contributed by atoms with Crippen molar-refractivity contribution in [2.75, 3.05) is 20.7 Å². The van der Waals surface area contributed by atoms with Crippen molar-refractivity contribution < 1.29 is 4.74 Å². The molecule has 3 heteroatoms. The zero-order valence-corrected chi connectivity index (χ0v) is 13.4. The highest BCUT2D eigenvalue weighted by Crippen LogP contribution is 2.25. The molecule has 0 saturated carbocycles.